The summed E-state index contributed by atoms with van der Waals surface area (Å²) in [5, 5.41) is 9.18. The number of fused-ring (bicyclic) bond motifs is 1. The second kappa shape index (κ2) is 4.96. The van der Waals surface area contributed by atoms with E-state index >= 15 is 0 Å². The van der Waals surface area contributed by atoms with E-state index in [0.29, 0.717) is 12.6 Å². The number of aliphatic carboxylic acids is 1. The average molecular weight is 263 g/mol. The molecule has 1 N–H and O–H groups in total. The van der Waals surface area contributed by atoms with Crippen molar-refractivity contribution in [3.8, 4) is 0 Å². The summed E-state index contributed by atoms with van der Waals surface area (Å²) in [6, 6.07) is 0.566. The Bertz CT molecular complexity index is 483. The highest BCUT2D eigenvalue weighted by atomic mass is 16.4. The number of carbonyl (C=O) groups is 1. The molecule has 19 heavy (non-hydrogen) atoms. The molecule has 1 saturated heterocycles. The monoisotopic (exact) mass is 263 g/mol. The predicted octanol–water partition coefficient (Wildman–Crippen LogP) is 1.17. The van der Waals surface area contributed by atoms with Crippen molar-refractivity contribution in [1.29, 1.82) is 0 Å². The quantitative estimate of drug-likeness (QED) is 0.889. The minimum Gasteiger partial charge on any atom is -0.481 e. The summed E-state index contributed by atoms with van der Waals surface area (Å²) in [5.41, 5.74) is 1.20. The van der Waals surface area contributed by atoms with E-state index in [0.717, 1.165) is 31.6 Å². The van der Waals surface area contributed by atoms with Crippen LogP contribution < -0.4 is 0 Å². The predicted molar refractivity (Wildman–Crippen MR) is 71.0 cm³/mol. The number of aromatic nitrogens is 2. The molecule has 0 aliphatic carbocycles. The molecule has 0 aromatic carbocycles. The van der Waals surface area contributed by atoms with E-state index in [2.05, 4.69) is 21.5 Å². The van der Waals surface area contributed by atoms with Crippen molar-refractivity contribution in [2.75, 3.05) is 13.6 Å². The molecule has 2 atom stereocenters. The van der Waals surface area contributed by atoms with E-state index in [1.807, 2.05) is 6.20 Å². The standard InChI is InChI=1S/C14H21N3O2/c1-16-6-2-3-11(16)7-13-15-8-12-5-4-10(14(18)19)9-17(12)13/h8,10-11H,2-7,9H2,1H3,(H,18,19). The number of nitrogens with zero attached hydrogens (tertiary/aromatic N) is 3. The molecule has 1 aromatic heterocycles. The van der Waals surface area contributed by atoms with Crippen molar-refractivity contribution in [3.05, 3.63) is 17.7 Å². The number of carboxylic acid groups (broad SMARTS) is 1. The fraction of sp³-hybridized carbons (Fsp3) is 0.714. The molecule has 5 heteroatoms. The van der Waals surface area contributed by atoms with E-state index in [-0.39, 0.29) is 5.92 Å². The van der Waals surface area contributed by atoms with E-state index < -0.39 is 5.97 Å². The van der Waals surface area contributed by atoms with Gasteiger partial charge in [0.2, 0.25) is 0 Å². The van der Waals surface area contributed by atoms with E-state index in [1.54, 1.807) is 0 Å². The van der Waals surface area contributed by atoms with Gasteiger partial charge in [-0.25, -0.2) is 4.98 Å². The van der Waals surface area contributed by atoms with Gasteiger partial charge in [0.05, 0.1) is 5.92 Å². The maximum atomic E-state index is 11.2. The third-order valence-corrected chi connectivity index (χ3v) is 4.61. The van der Waals surface area contributed by atoms with Gasteiger partial charge < -0.3 is 14.6 Å². The molecule has 2 aliphatic heterocycles. The van der Waals surface area contributed by atoms with Crippen molar-refractivity contribution in [1.82, 2.24) is 14.5 Å². The summed E-state index contributed by atoms with van der Waals surface area (Å²) in [7, 11) is 2.16. The lowest BCUT2D eigenvalue weighted by Crippen LogP contribution is -2.31. The van der Waals surface area contributed by atoms with Crippen molar-refractivity contribution >= 4 is 5.97 Å². The van der Waals surface area contributed by atoms with Crippen LogP contribution in [0.5, 0.6) is 0 Å². The van der Waals surface area contributed by atoms with Crippen LogP contribution in [0.1, 0.15) is 30.8 Å². The smallest absolute Gasteiger partial charge is 0.308 e. The first-order valence-corrected chi connectivity index (χ1v) is 7.11. The zero-order chi connectivity index (χ0) is 13.4. The molecule has 0 saturated carbocycles. The van der Waals surface area contributed by atoms with Gasteiger partial charge in [-0.2, -0.15) is 0 Å². The van der Waals surface area contributed by atoms with Gasteiger partial charge in [-0.05, 0) is 39.3 Å². The van der Waals surface area contributed by atoms with Gasteiger partial charge in [0.1, 0.15) is 5.82 Å². The zero-order valence-electron chi connectivity index (χ0n) is 11.4. The number of hydrogen-bond acceptors (Lipinski definition) is 3. The third kappa shape index (κ3) is 2.39. The van der Waals surface area contributed by atoms with Gasteiger partial charge in [-0.1, -0.05) is 0 Å². The van der Waals surface area contributed by atoms with Crippen molar-refractivity contribution in [3.63, 3.8) is 0 Å². The van der Waals surface area contributed by atoms with Crippen molar-refractivity contribution in [2.45, 2.75) is 44.7 Å². The first kappa shape index (κ1) is 12.7. The number of rotatable bonds is 3. The van der Waals surface area contributed by atoms with Crippen LogP contribution in [0, 0.1) is 5.92 Å². The van der Waals surface area contributed by atoms with Gasteiger partial charge >= 0.3 is 5.97 Å². The van der Waals surface area contributed by atoms with Gasteiger partial charge in [0.25, 0.3) is 0 Å². The Hall–Kier alpha value is -1.36. The van der Waals surface area contributed by atoms with Crippen LogP contribution in [0.15, 0.2) is 6.20 Å². The first-order chi connectivity index (χ1) is 9.15. The molecule has 0 spiro atoms. The Balaban J connectivity index is 1.77. The lowest BCUT2D eigenvalue weighted by Gasteiger charge is -2.24. The normalized spacial score (nSPS) is 27.4. The molecule has 1 fully saturated rings. The average Bonchev–Trinajstić information content (AvgIpc) is 2.97. The molecule has 5 nitrogen and oxygen atoms in total. The molecule has 2 aliphatic rings. The van der Waals surface area contributed by atoms with Gasteiger partial charge in [0.15, 0.2) is 0 Å². The molecule has 104 valence electrons. The SMILES string of the molecule is CN1CCCC1Cc1ncc2n1CC(C(=O)O)CC2. The maximum Gasteiger partial charge on any atom is 0.308 e. The van der Waals surface area contributed by atoms with E-state index in [1.165, 1.54) is 18.5 Å². The Labute approximate surface area is 113 Å². The number of aryl methyl sites for hydroxylation is 1. The number of imidazole rings is 1. The molecule has 3 rings (SSSR count). The summed E-state index contributed by atoms with van der Waals surface area (Å²) < 4.78 is 2.15. The number of likely N-dealkylation sites (N-methyl/N-ethyl adjacent to an activating group) is 1. The highest BCUT2D eigenvalue weighted by Crippen LogP contribution is 2.25. The van der Waals surface area contributed by atoms with Gasteiger partial charge in [-0.3, -0.25) is 4.79 Å². The van der Waals surface area contributed by atoms with Crippen LogP contribution in [0.3, 0.4) is 0 Å². The zero-order valence-corrected chi connectivity index (χ0v) is 11.4. The Morgan fingerprint density at radius 2 is 2.37 bits per heavy atom. The fourth-order valence-corrected chi connectivity index (χ4v) is 3.32. The van der Waals surface area contributed by atoms with Gasteiger partial charge in [-0.15, -0.1) is 0 Å². The maximum absolute atomic E-state index is 11.2. The van der Waals surface area contributed by atoms with Crippen LogP contribution in [-0.2, 0) is 24.2 Å². The van der Waals surface area contributed by atoms with Crippen LogP contribution in [0.2, 0.25) is 0 Å². The first-order valence-electron chi connectivity index (χ1n) is 7.11. The molecular formula is C14H21N3O2. The molecule has 0 radical (unpaired) electrons. The van der Waals surface area contributed by atoms with Gasteiger partial charge in [0, 0.05) is 30.9 Å². The fourth-order valence-electron chi connectivity index (χ4n) is 3.32. The van der Waals surface area contributed by atoms with Crippen LogP contribution in [-0.4, -0.2) is 45.2 Å². The van der Waals surface area contributed by atoms with Crippen molar-refractivity contribution in [2.24, 2.45) is 5.92 Å². The largest absolute Gasteiger partial charge is 0.481 e. The number of carboxylic acids is 1. The Morgan fingerprint density at radius 3 is 3.05 bits per heavy atom. The third-order valence-electron chi connectivity index (χ3n) is 4.61. The van der Waals surface area contributed by atoms with Crippen LogP contribution in [0.4, 0.5) is 0 Å². The summed E-state index contributed by atoms with van der Waals surface area (Å²) in [5.74, 6) is 0.143. The van der Waals surface area contributed by atoms with Crippen LogP contribution >= 0.6 is 0 Å². The second-order valence-corrected chi connectivity index (χ2v) is 5.83. The van der Waals surface area contributed by atoms with Crippen LogP contribution in [0.25, 0.3) is 0 Å². The minimum absolute atomic E-state index is 0.248. The summed E-state index contributed by atoms with van der Waals surface area (Å²) >= 11 is 0. The Morgan fingerprint density at radius 1 is 1.53 bits per heavy atom. The van der Waals surface area contributed by atoms with Crippen molar-refractivity contribution < 1.29 is 9.90 Å². The number of hydrogen-bond donors (Lipinski definition) is 1. The molecule has 2 unspecified atom stereocenters. The number of likely N-dealkylation sites (tertiary alicyclic amines) is 1. The molecule has 0 bridgehead atoms. The lowest BCUT2D eigenvalue weighted by atomic mass is 9.98. The Kier molecular flexibility index (Phi) is 3.31. The summed E-state index contributed by atoms with van der Waals surface area (Å²) in [4.78, 5) is 18.1. The molecule has 3 heterocycles. The highest BCUT2D eigenvalue weighted by molar-refractivity contribution is 5.70. The second-order valence-electron chi connectivity index (χ2n) is 5.83. The topological polar surface area (TPSA) is 58.4 Å². The lowest BCUT2D eigenvalue weighted by molar-refractivity contribution is -0.142. The van der Waals surface area contributed by atoms with E-state index in [4.69, 9.17) is 0 Å². The molecule has 0 amide bonds. The molecule has 1 aromatic rings. The van der Waals surface area contributed by atoms with E-state index in [9.17, 15) is 9.90 Å². The minimum atomic E-state index is -0.678. The molecular weight excluding hydrogens is 242 g/mol. The summed E-state index contributed by atoms with van der Waals surface area (Å²) in [6.45, 7) is 1.76. The summed E-state index contributed by atoms with van der Waals surface area (Å²) in [6.07, 6.45) is 6.94. The highest BCUT2D eigenvalue weighted by Gasteiger charge is 2.28.